The Hall–Kier alpha value is -1.58. The molecule has 5 nitrogen and oxygen atoms in total. The highest BCUT2D eigenvalue weighted by Crippen LogP contribution is 2.35. The predicted octanol–water partition coefficient (Wildman–Crippen LogP) is 2.70. The first-order valence-corrected chi connectivity index (χ1v) is 11.0. The Morgan fingerprint density at radius 1 is 1.18 bits per heavy atom. The number of carbonyl (C=O) groups excluding carboxylic acids is 1. The molecule has 1 amide bonds. The van der Waals surface area contributed by atoms with E-state index in [1.807, 2.05) is 0 Å². The average Bonchev–Trinajstić information content (AvgIpc) is 3.00. The number of nitrogens with zero attached hydrogens (tertiary/aromatic N) is 2. The maximum absolute atomic E-state index is 12.9. The van der Waals surface area contributed by atoms with Crippen LogP contribution in [0.4, 0.5) is 13.2 Å². The third-order valence-electron chi connectivity index (χ3n) is 5.06. The highest BCUT2D eigenvalue weighted by atomic mass is 35.5. The van der Waals surface area contributed by atoms with Crippen molar-refractivity contribution in [1.82, 2.24) is 9.80 Å². The van der Waals surface area contributed by atoms with E-state index in [9.17, 15) is 26.4 Å². The van der Waals surface area contributed by atoms with E-state index in [1.54, 1.807) is 4.90 Å². The molecule has 2 aliphatic rings. The summed E-state index contributed by atoms with van der Waals surface area (Å²) in [6, 6.07) is 3.49. The number of alkyl halides is 3. The average molecular weight is 437 g/mol. The summed E-state index contributed by atoms with van der Waals surface area (Å²) in [5, 5.41) is -0.388. The van der Waals surface area contributed by atoms with Gasteiger partial charge in [0.1, 0.15) is 0 Å². The molecule has 0 bridgehead atoms. The Balaban J connectivity index is 1.58. The number of amides is 1. The van der Waals surface area contributed by atoms with Crippen LogP contribution in [0.25, 0.3) is 6.08 Å². The van der Waals surface area contributed by atoms with E-state index < -0.39 is 21.6 Å². The molecule has 1 aromatic rings. The Morgan fingerprint density at radius 3 is 2.43 bits per heavy atom. The van der Waals surface area contributed by atoms with Crippen LogP contribution in [-0.2, 0) is 20.8 Å². The molecule has 2 heterocycles. The predicted molar refractivity (Wildman–Crippen MR) is 101 cm³/mol. The second-order valence-corrected chi connectivity index (χ2v) is 9.62. The molecule has 1 aromatic carbocycles. The SMILES string of the molecule is O=C(/C=C/c1ccc(Cl)c(C(F)(F)F)c1)N1CCN(C2CCS(=O)(=O)C2)CC1. The Morgan fingerprint density at radius 2 is 1.86 bits per heavy atom. The molecule has 3 rings (SSSR count). The highest BCUT2D eigenvalue weighted by Gasteiger charge is 2.34. The number of piperazine rings is 1. The van der Waals surface area contributed by atoms with Gasteiger partial charge in [0.25, 0.3) is 0 Å². The molecule has 1 atom stereocenters. The minimum absolute atomic E-state index is 0.00708. The summed E-state index contributed by atoms with van der Waals surface area (Å²) < 4.78 is 61.9. The smallest absolute Gasteiger partial charge is 0.337 e. The molecule has 2 fully saturated rings. The van der Waals surface area contributed by atoms with Gasteiger partial charge < -0.3 is 4.90 Å². The van der Waals surface area contributed by atoms with Crippen LogP contribution in [0, 0.1) is 0 Å². The molecule has 10 heteroatoms. The van der Waals surface area contributed by atoms with Crippen molar-refractivity contribution < 1.29 is 26.4 Å². The van der Waals surface area contributed by atoms with Gasteiger partial charge in [0.15, 0.2) is 9.84 Å². The Bertz CT molecular complexity index is 879. The van der Waals surface area contributed by atoms with Crippen LogP contribution in [0.3, 0.4) is 0 Å². The Kier molecular flexibility index (Phi) is 6.07. The molecule has 2 aliphatic heterocycles. The topological polar surface area (TPSA) is 57.7 Å². The van der Waals surface area contributed by atoms with Crippen LogP contribution in [-0.4, -0.2) is 67.9 Å². The lowest BCUT2D eigenvalue weighted by atomic mass is 10.1. The molecule has 0 radical (unpaired) electrons. The van der Waals surface area contributed by atoms with Crippen LogP contribution in [0.15, 0.2) is 24.3 Å². The van der Waals surface area contributed by atoms with Gasteiger partial charge in [-0.2, -0.15) is 13.2 Å². The fraction of sp³-hybridized carbons (Fsp3) is 0.500. The third kappa shape index (κ3) is 5.07. The number of hydrogen-bond donors (Lipinski definition) is 0. The zero-order valence-corrected chi connectivity index (χ0v) is 16.5. The molecule has 0 N–H and O–H groups in total. The van der Waals surface area contributed by atoms with Gasteiger partial charge in [0.2, 0.25) is 5.91 Å². The van der Waals surface area contributed by atoms with Gasteiger partial charge in [-0.1, -0.05) is 17.7 Å². The van der Waals surface area contributed by atoms with Crippen molar-refractivity contribution >= 4 is 33.4 Å². The van der Waals surface area contributed by atoms with Gasteiger partial charge in [0.05, 0.1) is 22.1 Å². The summed E-state index contributed by atoms with van der Waals surface area (Å²) >= 11 is 5.59. The minimum atomic E-state index is -4.56. The van der Waals surface area contributed by atoms with Crippen molar-refractivity contribution in [1.29, 1.82) is 0 Å². The normalized spacial score (nSPS) is 23.4. The summed E-state index contributed by atoms with van der Waals surface area (Å²) in [5.41, 5.74) is -0.705. The maximum atomic E-state index is 12.9. The lowest BCUT2D eigenvalue weighted by molar-refractivity contribution is -0.137. The van der Waals surface area contributed by atoms with Gasteiger partial charge in [-0.15, -0.1) is 0 Å². The molecular formula is C18H20ClF3N2O3S. The third-order valence-corrected chi connectivity index (χ3v) is 7.14. The molecule has 0 aliphatic carbocycles. The van der Waals surface area contributed by atoms with Gasteiger partial charge in [-0.25, -0.2) is 8.42 Å². The summed E-state index contributed by atoms with van der Waals surface area (Å²) in [7, 11) is -2.95. The number of benzene rings is 1. The summed E-state index contributed by atoms with van der Waals surface area (Å²) in [6.45, 7) is 2.07. The van der Waals surface area contributed by atoms with Crippen LogP contribution < -0.4 is 0 Å². The lowest BCUT2D eigenvalue weighted by Gasteiger charge is -2.37. The van der Waals surface area contributed by atoms with E-state index in [1.165, 1.54) is 18.2 Å². The van der Waals surface area contributed by atoms with Crippen molar-refractivity contribution in [2.24, 2.45) is 0 Å². The number of halogens is 4. The minimum Gasteiger partial charge on any atom is -0.337 e. The fourth-order valence-electron chi connectivity index (χ4n) is 3.51. The first kappa shape index (κ1) is 21.1. The van der Waals surface area contributed by atoms with Crippen LogP contribution in [0.1, 0.15) is 17.5 Å². The lowest BCUT2D eigenvalue weighted by Crippen LogP contribution is -2.52. The highest BCUT2D eigenvalue weighted by molar-refractivity contribution is 7.91. The molecule has 1 unspecified atom stereocenters. The van der Waals surface area contributed by atoms with E-state index in [0.717, 1.165) is 12.1 Å². The summed E-state index contributed by atoms with van der Waals surface area (Å²) in [6.07, 6.45) is -1.35. The fourth-order valence-corrected chi connectivity index (χ4v) is 5.49. The van der Waals surface area contributed by atoms with Crippen LogP contribution in [0.5, 0.6) is 0 Å². The second-order valence-electron chi connectivity index (χ2n) is 6.99. The van der Waals surface area contributed by atoms with Crippen molar-refractivity contribution in [2.75, 3.05) is 37.7 Å². The van der Waals surface area contributed by atoms with E-state index in [0.29, 0.717) is 32.6 Å². The van der Waals surface area contributed by atoms with Gasteiger partial charge in [-0.3, -0.25) is 9.69 Å². The van der Waals surface area contributed by atoms with E-state index in [4.69, 9.17) is 11.6 Å². The van der Waals surface area contributed by atoms with E-state index >= 15 is 0 Å². The Labute approximate surface area is 166 Å². The molecule has 28 heavy (non-hydrogen) atoms. The van der Waals surface area contributed by atoms with Crippen LogP contribution >= 0.6 is 11.6 Å². The number of rotatable bonds is 3. The van der Waals surface area contributed by atoms with E-state index in [-0.39, 0.29) is 34.0 Å². The van der Waals surface area contributed by atoms with Crippen molar-refractivity contribution in [3.05, 3.63) is 40.4 Å². The zero-order chi connectivity index (χ0) is 20.5. The molecule has 0 saturated carbocycles. The van der Waals surface area contributed by atoms with E-state index in [2.05, 4.69) is 4.90 Å². The van der Waals surface area contributed by atoms with Crippen molar-refractivity contribution in [3.63, 3.8) is 0 Å². The van der Waals surface area contributed by atoms with Crippen molar-refractivity contribution in [2.45, 2.75) is 18.6 Å². The van der Waals surface area contributed by atoms with Crippen LogP contribution in [0.2, 0.25) is 5.02 Å². The first-order valence-electron chi connectivity index (χ1n) is 8.83. The standard InChI is InChI=1S/C18H20ClF3N2O3S/c19-16-3-1-13(11-15(16)18(20,21)22)2-4-17(25)24-8-6-23(7-9-24)14-5-10-28(26,27)12-14/h1-4,11,14H,5-10,12H2/b4-2+. The number of sulfone groups is 1. The maximum Gasteiger partial charge on any atom is 0.417 e. The molecule has 0 aromatic heterocycles. The number of hydrogen-bond acceptors (Lipinski definition) is 4. The quantitative estimate of drug-likeness (QED) is 0.684. The monoisotopic (exact) mass is 436 g/mol. The molecular weight excluding hydrogens is 417 g/mol. The molecule has 0 spiro atoms. The largest absolute Gasteiger partial charge is 0.417 e. The zero-order valence-electron chi connectivity index (χ0n) is 15.0. The molecule has 2 saturated heterocycles. The number of carbonyl (C=O) groups is 1. The summed E-state index contributed by atoms with van der Waals surface area (Å²) in [4.78, 5) is 16.0. The van der Waals surface area contributed by atoms with Crippen molar-refractivity contribution in [3.8, 4) is 0 Å². The van der Waals surface area contributed by atoms with Gasteiger partial charge >= 0.3 is 6.18 Å². The molecule has 154 valence electrons. The second kappa shape index (κ2) is 8.04. The first-order chi connectivity index (χ1) is 13.0. The van der Waals surface area contributed by atoms with Gasteiger partial charge in [0, 0.05) is 38.3 Å². The van der Waals surface area contributed by atoms with Gasteiger partial charge in [-0.05, 0) is 30.2 Å². The summed E-state index contributed by atoms with van der Waals surface area (Å²) in [5.74, 6) is 0.0849.